The van der Waals surface area contributed by atoms with Gasteiger partial charge < -0.3 is 0 Å². The second kappa shape index (κ2) is 14.6. The van der Waals surface area contributed by atoms with Crippen LogP contribution in [0.2, 0.25) is 0 Å². The average molecular weight is 475 g/mol. The molecule has 0 aliphatic carbocycles. The van der Waals surface area contributed by atoms with Gasteiger partial charge in [0.15, 0.2) is 0 Å². The first kappa shape index (κ1) is 25.6. The lowest BCUT2D eigenvalue weighted by molar-refractivity contribution is 0.535. The Kier molecular flexibility index (Phi) is 13.3. The fourth-order valence-electron chi connectivity index (χ4n) is 3.63. The molecule has 5 heteroatoms. The van der Waals surface area contributed by atoms with Gasteiger partial charge in [0.2, 0.25) is 10.0 Å². The molecule has 1 unspecified atom stereocenters. The summed E-state index contributed by atoms with van der Waals surface area (Å²) >= 11 is 3.71. The lowest BCUT2D eigenvalue weighted by Gasteiger charge is -2.13. The van der Waals surface area contributed by atoms with E-state index in [1.54, 1.807) is 13.0 Å². The molecule has 1 aromatic carbocycles. The number of aryl methyl sites for hydroxylation is 1. The Labute approximate surface area is 182 Å². The number of alkyl halides is 1. The molecular weight excluding hydrogens is 434 g/mol. The molecule has 2 N–H and O–H groups in total. The van der Waals surface area contributed by atoms with Crippen LogP contribution in [0.1, 0.15) is 113 Å². The van der Waals surface area contributed by atoms with E-state index < -0.39 is 10.0 Å². The van der Waals surface area contributed by atoms with Gasteiger partial charge in [-0.25, -0.2) is 13.6 Å². The third-order valence-electron chi connectivity index (χ3n) is 5.44. The van der Waals surface area contributed by atoms with Crippen LogP contribution in [0.25, 0.3) is 0 Å². The number of unbranched alkanes of at least 4 members (excludes halogenated alkanes) is 12. The Morgan fingerprint density at radius 1 is 0.857 bits per heavy atom. The van der Waals surface area contributed by atoms with Crippen molar-refractivity contribution >= 4 is 26.0 Å². The summed E-state index contributed by atoms with van der Waals surface area (Å²) in [5.74, 6) is 0. The fourth-order valence-corrected chi connectivity index (χ4v) is 5.05. The van der Waals surface area contributed by atoms with Crippen LogP contribution < -0.4 is 5.14 Å². The van der Waals surface area contributed by atoms with Gasteiger partial charge in [-0.2, -0.15) is 0 Å². The normalized spacial score (nSPS) is 13.0. The number of hydrogen-bond acceptors (Lipinski definition) is 2. The fraction of sp³-hybridized carbons (Fsp3) is 0.739. The van der Waals surface area contributed by atoms with E-state index in [0.717, 1.165) is 18.4 Å². The molecular formula is C23H40BrNO2S. The Hall–Kier alpha value is -0.390. The number of nitrogens with two attached hydrogens (primary N) is 1. The van der Waals surface area contributed by atoms with Gasteiger partial charge in [0.1, 0.15) is 0 Å². The Balaban J connectivity index is 2.11. The summed E-state index contributed by atoms with van der Waals surface area (Å²) in [5, 5.41) is 5.31. The van der Waals surface area contributed by atoms with Gasteiger partial charge in [0.25, 0.3) is 0 Å². The van der Waals surface area contributed by atoms with E-state index in [2.05, 4.69) is 22.9 Å². The molecule has 1 rings (SSSR count). The minimum atomic E-state index is -3.66. The van der Waals surface area contributed by atoms with Gasteiger partial charge in [-0.15, -0.1) is 0 Å². The van der Waals surface area contributed by atoms with Gasteiger partial charge in [0, 0.05) is 4.83 Å². The van der Waals surface area contributed by atoms with Crippen molar-refractivity contribution in [2.75, 3.05) is 0 Å². The third-order valence-corrected chi connectivity index (χ3v) is 7.48. The highest BCUT2D eigenvalue weighted by Crippen LogP contribution is 2.31. The molecule has 0 spiro atoms. The van der Waals surface area contributed by atoms with Crippen molar-refractivity contribution in [2.45, 2.75) is 113 Å². The van der Waals surface area contributed by atoms with Crippen LogP contribution in [-0.4, -0.2) is 8.42 Å². The number of halogens is 1. The summed E-state index contributed by atoms with van der Waals surface area (Å²) in [6.45, 7) is 4.05. The maximum absolute atomic E-state index is 11.7. The number of sulfonamides is 1. The van der Waals surface area contributed by atoms with E-state index in [4.69, 9.17) is 5.14 Å². The van der Waals surface area contributed by atoms with E-state index in [0.29, 0.717) is 5.56 Å². The lowest BCUT2D eigenvalue weighted by Crippen LogP contribution is -2.14. The van der Waals surface area contributed by atoms with Crippen LogP contribution in [-0.2, 0) is 10.0 Å². The van der Waals surface area contributed by atoms with Crippen molar-refractivity contribution in [3.63, 3.8) is 0 Å². The smallest absolute Gasteiger partial charge is 0.225 e. The zero-order chi connectivity index (χ0) is 20.8. The van der Waals surface area contributed by atoms with Crippen LogP contribution >= 0.6 is 15.9 Å². The summed E-state index contributed by atoms with van der Waals surface area (Å²) in [6, 6.07) is 5.55. The maximum atomic E-state index is 11.7. The van der Waals surface area contributed by atoms with Gasteiger partial charge >= 0.3 is 0 Å². The molecule has 0 aliphatic rings. The van der Waals surface area contributed by atoms with Crippen LogP contribution in [0.4, 0.5) is 0 Å². The van der Waals surface area contributed by atoms with Crippen molar-refractivity contribution in [3.05, 3.63) is 29.3 Å². The summed E-state index contributed by atoms with van der Waals surface area (Å²) in [6.07, 6.45) is 18.6. The third kappa shape index (κ3) is 11.0. The number of primary sulfonamides is 1. The first-order chi connectivity index (χ1) is 13.4. The molecule has 28 heavy (non-hydrogen) atoms. The van der Waals surface area contributed by atoms with Crippen molar-refractivity contribution in [1.82, 2.24) is 0 Å². The Morgan fingerprint density at radius 3 is 1.79 bits per heavy atom. The lowest BCUT2D eigenvalue weighted by atomic mass is 10.0. The molecule has 1 aromatic rings. The van der Waals surface area contributed by atoms with Gasteiger partial charge in [-0.05, 0) is 30.5 Å². The highest BCUT2D eigenvalue weighted by atomic mass is 79.9. The zero-order valence-corrected chi connectivity index (χ0v) is 20.3. The van der Waals surface area contributed by atoms with Crippen LogP contribution in [0.15, 0.2) is 23.1 Å². The molecule has 0 saturated heterocycles. The summed E-state index contributed by atoms with van der Waals surface area (Å²) in [4.78, 5) is 0.418. The highest BCUT2D eigenvalue weighted by molar-refractivity contribution is 9.09. The second-order valence-electron chi connectivity index (χ2n) is 8.07. The summed E-state index contributed by atoms with van der Waals surface area (Å²) in [5.41, 5.74) is 1.69. The van der Waals surface area contributed by atoms with Gasteiger partial charge in [0.05, 0.1) is 4.90 Å². The number of benzene rings is 1. The second-order valence-corrected chi connectivity index (χ2v) is 10.7. The van der Waals surface area contributed by atoms with E-state index in [9.17, 15) is 8.42 Å². The van der Waals surface area contributed by atoms with Gasteiger partial charge in [-0.3, -0.25) is 0 Å². The quantitative estimate of drug-likeness (QED) is 0.198. The predicted molar refractivity (Wildman–Crippen MR) is 125 cm³/mol. The van der Waals surface area contributed by atoms with E-state index in [1.165, 1.54) is 77.0 Å². The van der Waals surface area contributed by atoms with Crippen molar-refractivity contribution in [2.24, 2.45) is 5.14 Å². The van der Waals surface area contributed by atoms with Crippen LogP contribution in [0.3, 0.4) is 0 Å². The first-order valence-electron chi connectivity index (χ1n) is 11.1. The average Bonchev–Trinajstić information content (AvgIpc) is 2.64. The van der Waals surface area contributed by atoms with Crippen molar-refractivity contribution in [3.8, 4) is 0 Å². The number of rotatable bonds is 16. The van der Waals surface area contributed by atoms with Crippen molar-refractivity contribution < 1.29 is 8.42 Å². The highest BCUT2D eigenvalue weighted by Gasteiger charge is 2.15. The molecule has 0 aliphatic heterocycles. The number of hydrogen-bond donors (Lipinski definition) is 1. The summed E-state index contributed by atoms with van der Waals surface area (Å²) in [7, 11) is -3.66. The van der Waals surface area contributed by atoms with E-state index in [1.807, 2.05) is 12.1 Å². The Bertz CT molecular complexity index is 646. The zero-order valence-electron chi connectivity index (χ0n) is 17.9. The topological polar surface area (TPSA) is 60.2 Å². The molecule has 1 atom stereocenters. The molecule has 0 amide bonds. The molecule has 0 aromatic heterocycles. The van der Waals surface area contributed by atoms with Crippen LogP contribution in [0.5, 0.6) is 0 Å². The molecule has 0 saturated carbocycles. The van der Waals surface area contributed by atoms with Crippen molar-refractivity contribution in [1.29, 1.82) is 0 Å². The van der Waals surface area contributed by atoms with E-state index >= 15 is 0 Å². The molecule has 0 fully saturated rings. The molecule has 0 heterocycles. The summed E-state index contributed by atoms with van der Waals surface area (Å²) < 4.78 is 23.4. The van der Waals surface area contributed by atoms with Crippen LogP contribution in [0, 0.1) is 6.92 Å². The largest absolute Gasteiger partial charge is 0.238 e. The molecule has 162 valence electrons. The standard InChI is InChI=1S/C23H40BrNO2S/c1-3-4-5-6-7-8-9-10-11-12-13-14-15-16-22(24)21-18-17-20(2)23(19-21)28(25,26)27/h17-19,22H,3-16H2,1-2H3,(H2,25,26,27). The molecule has 0 radical (unpaired) electrons. The van der Waals surface area contributed by atoms with Gasteiger partial charge in [-0.1, -0.05) is 118 Å². The SMILES string of the molecule is CCCCCCCCCCCCCCCC(Br)c1ccc(C)c(S(N)(=O)=O)c1. The minimum absolute atomic E-state index is 0.182. The molecule has 3 nitrogen and oxygen atoms in total. The maximum Gasteiger partial charge on any atom is 0.238 e. The first-order valence-corrected chi connectivity index (χ1v) is 13.6. The minimum Gasteiger partial charge on any atom is -0.225 e. The molecule has 0 bridgehead atoms. The Morgan fingerprint density at radius 2 is 1.32 bits per heavy atom. The van der Waals surface area contributed by atoms with E-state index in [-0.39, 0.29) is 9.72 Å². The predicted octanol–water partition coefficient (Wildman–Crippen LogP) is 7.56. The monoisotopic (exact) mass is 473 g/mol.